The first-order chi connectivity index (χ1) is 8.20. The van der Waals surface area contributed by atoms with E-state index >= 15 is 0 Å². The van der Waals surface area contributed by atoms with E-state index in [1.165, 1.54) is 0 Å². The van der Waals surface area contributed by atoms with E-state index in [1.54, 1.807) is 24.3 Å². The van der Waals surface area contributed by atoms with E-state index in [1.807, 2.05) is 0 Å². The molecule has 1 heterocycles. The van der Waals surface area contributed by atoms with Gasteiger partial charge in [0.05, 0.1) is 6.10 Å². The molecule has 92 valence electrons. The average Bonchev–Trinajstić information content (AvgIpc) is 2.33. The number of benzene rings is 1. The summed E-state index contributed by atoms with van der Waals surface area (Å²) >= 11 is 6.06. The third-order valence-electron chi connectivity index (χ3n) is 3.09. The molecule has 0 saturated carbocycles. The zero-order valence-corrected chi connectivity index (χ0v) is 10.2. The van der Waals surface area contributed by atoms with E-state index in [0.717, 1.165) is 19.3 Å². The fraction of sp³-hybridized carbons (Fsp3) is 0.462. The van der Waals surface area contributed by atoms with Crippen molar-refractivity contribution in [3.63, 3.8) is 0 Å². The number of carbonyl (C=O) groups is 1. The molecule has 1 aliphatic rings. The fourth-order valence-electron chi connectivity index (χ4n) is 2.25. The standard InChI is InChI=1S/C13H15ClO3/c14-10-6-2-1-5-9(10)12(13(15)16)11-7-3-4-8-17-11/h1-2,5-6,11-12H,3-4,7-8H2,(H,15,16). The van der Waals surface area contributed by atoms with Gasteiger partial charge in [-0.1, -0.05) is 29.8 Å². The van der Waals surface area contributed by atoms with Crippen molar-refractivity contribution in [2.45, 2.75) is 31.3 Å². The molecule has 0 amide bonds. The zero-order chi connectivity index (χ0) is 12.3. The first kappa shape index (κ1) is 12.4. The Hall–Kier alpha value is -1.06. The molecule has 1 N–H and O–H groups in total. The Morgan fingerprint density at radius 3 is 2.76 bits per heavy atom. The Bertz CT molecular complexity index is 399. The number of halogens is 1. The third-order valence-corrected chi connectivity index (χ3v) is 3.44. The molecule has 0 spiro atoms. The molecule has 1 saturated heterocycles. The summed E-state index contributed by atoms with van der Waals surface area (Å²) in [5, 5.41) is 9.86. The van der Waals surface area contributed by atoms with Gasteiger partial charge in [-0.05, 0) is 30.9 Å². The maximum atomic E-state index is 11.4. The van der Waals surface area contributed by atoms with Crippen molar-refractivity contribution < 1.29 is 14.6 Å². The van der Waals surface area contributed by atoms with Crippen molar-refractivity contribution in [1.29, 1.82) is 0 Å². The first-order valence-corrected chi connectivity index (χ1v) is 6.17. The maximum absolute atomic E-state index is 11.4. The van der Waals surface area contributed by atoms with Gasteiger partial charge in [0.25, 0.3) is 0 Å². The number of carboxylic acid groups (broad SMARTS) is 1. The highest BCUT2D eigenvalue weighted by molar-refractivity contribution is 6.31. The van der Waals surface area contributed by atoms with Crippen LogP contribution in [-0.2, 0) is 9.53 Å². The smallest absolute Gasteiger partial charge is 0.313 e. The molecule has 0 radical (unpaired) electrons. The molecular weight excluding hydrogens is 240 g/mol. The van der Waals surface area contributed by atoms with Crippen molar-refractivity contribution in [3.8, 4) is 0 Å². The highest BCUT2D eigenvalue weighted by atomic mass is 35.5. The average molecular weight is 255 g/mol. The molecule has 2 rings (SSSR count). The molecule has 2 atom stereocenters. The van der Waals surface area contributed by atoms with Crippen molar-refractivity contribution >= 4 is 17.6 Å². The number of hydrogen-bond acceptors (Lipinski definition) is 2. The summed E-state index contributed by atoms with van der Waals surface area (Å²) < 4.78 is 5.57. The van der Waals surface area contributed by atoms with Gasteiger partial charge in [0.2, 0.25) is 0 Å². The summed E-state index contributed by atoms with van der Waals surface area (Å²) in [6.45, 7) is 0.638. The predicted octanol–water partition coefficient (Wildman–Crippen LogP) is 3.08. The molecule has 1 fully saturated rings. The summed E-state index contributed by atoms with van der Waals surface area (Å²) in [5.41, 5.74) is 0.647. The van der Waals surface area contributed by atoms with Crippen LogP contribution in [0.3, 0.4) is 0 Å². The minimum Gasteiger partial charge on any atom is -0.481 e. The van der Waals surface area contributed by atoms with Crippen LogP contribution < -0.4 is 0 Å². The molecule has 4 heteroatoms. The molecule has 2 unspecified atom stereocenters. The van der Waals surface area contributed by atoms with E-state index in [9.17, 15) is 9.90 Å². The number of carboxylic acids is 1. The lowest BCUT2D eigenvalue weighted by atomic mass is 9.89. The largest absolute Gasteiger partial charge is 0.481 e. The quantitative estimate of drug-likeness (QED) is 0.902. The van der Waals surface area contributed by atoms with Gasteiger partial charge < -0.3 is 9.84 Å². The van der Waals surface area contributed by atoms with Gasteiger partial charge >= 0.3 is 5.97 Å². The van der Waals surface area contributed by atoms with Gasteiger partial charge in [-0.25, -0.2) is 0 Å². The Morgan fingerprint density at radius 2 is 2.18 bits per heavy atom. The van der Waals surface area contributed by atoms with Crippen molar-refractivity contribution in [2.75, 3.05) is 6.61 Å². The van der Waals surface area contributed by atoms with E-state index in [2.05, 4.69) is 0 Å². The number of aliphatic carboxylic acids is 1. The molecule has 1 aliphatic heterocycles. The van der Waals surface area contributed by atoms with Crippen molar-refractivity contribution in [1.82, 2.24) is 0 Å². The van der Waals surface area contributed by atoms with Crippen molar-refractivity contribution in [2.24, 2.45) is 0 Å². The molecular formula is C13H15ClO3. The Morgan fingerprint density at radius 1 is 1.41 bits per heavy atom. The number of rotatable bonds is 3. The summed E-state index contributed by atoms with van der Waals surface area (Å²) in [5.74, 6) is -1.53. The highest BCUT2D eigenvalue weighted by Crippen LogP contribution is 2.32. The second-order valence-electron chi connectivity index (χ2n) is 4.24. The second kappa shape index (κ2) is 5.52. The summed E-state index contributed by atoms with van der Waals surface area (Å²) in [4.78, 5) is 11.4. The van der Waals surface area contributed by atoms with E-state index in [-0.39, 0.29) is 6.10 Å². The monoisotopic (exact) mass is 254 g/mol. The van der Waals surface area contributed by atoms with Gasteiger partial charge in [0.15, 0.2) is 0 Å². The van der Waals surface area contributed by atoms with Crippen LogP contribution in [0.2, 0.25) is 5.02 Å². The molecule has 0 aromatic heterocycles. The predicted molar refractivity (Wildman–Crippen MR) is 65.4 cm³/mol. The van der Waals surface area contributed by atoms with E-state index in [4.69, 9.17) is 16.3 Å². The lowest BCUT2D eigenvalue weighted by Gasteiger charge is -2.28. The highest BCUT2D eigenvalue weighted by Gasteiger charge is 2.33. The Balaban J connectivity index is 2.28. The maximum Gasteiger partial charge on any atom is 0.313 e. The van der Waals surface area contributed by atoms with Gasteiger partial charge in [-0.3, -0.25) is 4.79 Å². The zero-order valence-electron chi connectivity index (χ0n) is 9.43. The topological polar surface area (TPSA) is 46.5 Å². The lowest BCUT2D eigenvalue weighted by molar-refractivity contribution is -0.144. The van der Waals surface area contributed by atoms with Crippen LogP contribution in [0.5, 0.6) is 0 Å². The van der Waals surface area contributed by atoms with Crippen LogP contribution in [0, 0.1) is 0 Å². The van der Waals surface area contributed by atoms with Crippen LogP contribution in [0.15, 0.2) is 24.3 Å². The van der Waals surface area contributed by atoms with Gasteiger partial charge in [-0.2, -0.15) is 0 Å². The van der Waals surface area contributed by atoms with Gasteiger partial charge in [0, 0.05) is 11.6 Å². The molecule has 1 aromatic rings. The summed E-state index contributed by atoms with van der Waals surface area (Å²) in [7, 11) is 0. The van der Waals surface area contributed by atoms with E-state index in [0.29, 0.717) is 17.2 Å². The van der Waals surface area contributed by atoms with Crippen LogP contribution in [0.1, 0.15) is 30.7 Å². The molecule has 3 nitrogen and oxygen atoms in total. The fourth-order valence-corrected chi connectivity index (χ4v) is 2.50. The third kappa shape index (κ3) is 2.79. The van der Waals surface area contributed by atoms with Crippen LogP contribution in [-0.4, -0.2) is 23.8 Å². The Labute approximate surface area is 105 Å². The Kier molecular flexibility index (Phi) is 4.02. The normalized spacial score (nSPS) is 22.1. The minimum atomic E-state index is -0.870. The van der Waals surface area contributed by atoms with Crippen LogP contribution in [0.4, 0.5) is 0 Å². The van der Waals surface area contributed by atoms with Gasteiger partial charge in [-0.15, -0.1) is 0 Å². The molecule has 1 aromatic carbocycles. The lowest BCUT2D eigenvalue weighted by Crippen LogP contribution is -2.31. The molecule has 0 bridgehead atoms. The summed E-state index contributed by atoms with van der Waals surface area (Å²) in [6, 6.07) is 7.08. The molecule has 17 heavy (non-hydrogen) atoms. The first-order valence-electron chi connectivity index (χ1n) is 5.79. The SMILES string of the molecule is O=C(O)C(c1ccccc1Cl)C1CCCCO1. The summed E-state index contributed by atoms with van der Waals surface area (Å²) in [6.07, 6.45) is 2.54. The molecule has 0 aliphatic carbocycles. The van der Waals surface area contributed by atoms with Crippen LogP contribution >= 0.6 is 11.6 Å². The second-order valence-corrected chi connectivity index (χ2v) is 4.65. The number of hydrogen-bond donors (Lipinski definition) is 1. The van der Waals surface area contributed by atoms with Crippen molar-refractivity contribution in [3.05, 3.63) is 34.9 Å². The minimum absolute atomic E-state index is 0.263. The van der Waals surface area contributed by atoms with Gasteiger partial charge in [0.1, 0.15) is 5.92 Å². The van der Waals surface area contributed by atoms with E-state index < -0.39 is 11.9 Å². The number of ether oxygens (including phenoxy) is 1. The van der Waals surface area contributed by atoms with Crippen LogP contribution in [0.25, 0.3) is 0 Å².